The predicted molar refractivity (Wildman–Crippen MR) is 109 cm³/mol. The third-order valence-corrected chi connectivity index (χ3v) is 5.36. The number of hydrogen-bond donors (Lipinski definition) is 1. The summed E-state index contributed by atoms with van der Waals surface area (Å²) in [6.07, 6.45) is 1.60. The molecule has 1 fully saturated rings. The second kappa shape index (κ2) is 8.00. The van der Waals surface area contributed by atoms with Gasteiger partial charge >= 0.3 is 0 Å². The molecule has 0 atom stereocenters. The van der Waals surface area contributed by atoms with Crippen LogP contribution in [0.1, 0.15) is 27.6 Å². The van der Waals surface area contributed by atoms with Crippen molar-refractivity contribution in [1.82, 2.24) is 14.8 Å². The highest BCUT2D eigenvalue weighted by Crippen LogP contribution is 2.22. The maximum atomic E-state index is 12.4. The number of hydrogen-bond acceptors (Lipinski definition) is 6. The Balaban J connectivity index is 1.35. The van der Waals surface area contributed by atoms with Crippen LogP contribution < -0.4 is 10.2 Å². The predicted octanol–water partition coefficient (Wildman–Crippen LogP) is 1.46. The highest BCUT2D eigenvalue weighted by Gasteiger charge is 2.36. The molecule has 2 aliphatic rings. The molecule has 0 spiro atoms. The van der Waals surface area contributed by atoms with Gasteiger partial charge in [0.15, 0.2) is 0 Å². The number of imide groups is 1. The lowest BCUT2D eigenvalue weighted by atomic mass is 10.1. The van der Waals surface area contributed by atoms with E-state index in [2.05, 4.69) is 27.0 Å². The van der Waals surface area contributed by atoms with Crippen LogP contribution in [-0.4, -0.2) is 71.8 Å². The van der Waals surface area contributed by atoms with Gasteiger partial charge in [-0.3, -0.25) is 19.3 Å². The van der Waals surface area contributed by atoms with E-state index < -0.39 is 17.7 Å². The van der Waals surface area contributed by atoms with E-state index in [0.717, 1.165) is 43.4 Å². The summed E-state index contributed by atoms with van der Waals surface area (Å²) in [7, 11) is 0. The monoisotopic (exact) mass is 393 g/mol. The van der Waals surface area contributed by atoms with E-state index in [9.17, 15) is 14.4 Å². The van der Waals surface area contributed by atoms with Crippen LogP contribution in [0.2, 0.25) is 0 Å². The van der Waals surface area contributed by atoms with Crippen LogP contribution in [0.15, 0.2) is 42.6 Å². The fourth-order valence-electron chi connectivity index (χ4n) is 3.67. The Bertz CT molecular complexity index is 901. The number of piperazine rings is 1. The molecule has 1 N–H and O–H groups in total. The number of benzene rings is 1. The van der Waals surface area contributed by atoms with E-state index in [1.165, 1.54) is 0 Å². The van der Waals surface area contributed by atoms with Crippen molar-refractivity contribution < 1.29 is 14.4 Å². The van der Waals surface area contributed by atoms with Gasteiger partial charge in [0.2, 0.25) is 5.91 Å². The zero-order valence-electron chi connectivity index (χ0n) is 16.3. The SMILES string of the molecule is CCN1CCN(c2ccc(NC(=O)CN3C(=O)c4ccccc4C3=O)cn2)CC1. The summed E-state index contributed by atoms with van der Waals surface area (Å²) in [6.45, 7) is 6.76. The number of nitrogens with zero attached hydrogens (tertiary/aromatic N) is 4. The Morgan fingerprint density at radius 1 is 1.00 bits per heavy atom. The number of rotatable bonds is 5. The van der Waals surface area contributed by atoms with Crippen LogP contribution in [0.5, 0.6) is 0 Å². The Labute approximate surface area is 169 Å². The minimum Gasteiger partial charge on any atom is -0.354 e. The fourth-order valence-corrected chi connectivity index (χ4v) is 3.67. The van der Waals surface area contributed by atoms with Crippen LogP contribution in [-0.2, 0) is 4.79 Å². The molecule has 2 aliphatic heterocycles. The number of carbonyl (C=O) groups excluding carboxylic acids is 3. The van der Waals surface area contributed by atoms with Gasteiger partial charge in [-0.1, -0.05) is 19.1 Å². The van der Waals surface area contributed by atoms with E-state index in [-0.39, 0.29) is 6.54 Å². The standard InChI is InChI=1S/C21H23N5O3/c1-2-24-9-11-25(12-10-24)18-8-7-15(13-22-18)23-19(27)14-26-20(28)16-5-3-4-6-17(16)21(26)29/h3-8,13H,2,9-12,14H2,1H3,(H,23,27). The smallest absolute Gasteiger partial charge is 0.262 e. The molecule has 0 saturated carbocycles. The largest absolute Gasteiger partial charge is 0.354 e. The summed E-state index contributed by atoms with van der Waals surface area (Å²) < 4.78 is 0. The van der Waals surface area contributed by atoms with Gasteiger partial charge in [0.25, 0.3) is 11.8 Å². The molecular weight excluding hydrogens is 370 g/mol. The molecule has 1 aromatic carbocycles. The molecule has 4 rings (SSSR count). The Morgan fingerprint density at radius 3 is 2.21 bits per heavy atom. The summed E-state index contributed by atoms with van der Waals surface area (Å²) in [4.78, 5) is 47.1. The van der Waals surface area contributed by atoms with Crippen molar-refractivity contribution in [2.75, 3.05) is 49.5 Å². The van der Waals surface area contributed by atoms with Crippen LogP contribution in [0.25, 0.3) is 0 Å². The van der Waals surface area contributed by atoms with Gasteiger partial charge in [0.1, 0.15) is 12.4 Å². The van der Waals surface area contributed by atoms with Gasteiger partial charge in [-0.05, 0) is 30.8 Å². The van der Waals surface area contributed by atoms with Crippen LogP contribution in [0.4, 0.5) is 11.5 Å². The molecule has 0 bridgehead atoms. The van der Waals surface area contributed by atoms with Crippen LogP contribution in [0.3, 0.4) is 0 Å². The van der Waals surface area contributed by atoms with E-state index in [4.69, 9.17) is 0 Å². The summed E-state index contributed by atoms with van der Waals surface area (Å²) in [5.74, 6) is -0.453. The van der Waals surface area contributed by atoms with Gasteiger partial charge in [0.05, 0.1) is 23.0 Å². The summed E-state index contributed by atoms with van der Waals surface area (Å²) in [6, 6.07) is 10.2. The Morgan fingerprint density at radius 2 is 1.66 bits per heavy atom. The number of carbonyl (C=O) groups is 3. The zero-order chi connectivity index (χ0) is 20.4. The summed E-state index contributed by atoms with van der Waals surface area (Å²) >= 11 is 0. The maximum Gasteiger partial charge on any atom is 0.262 e. The molecule has 8 heteroatoms. The van der Waals surface area contributed by atoms with Gasteiger partial charge in [-0.2, -0.15) is 0 Å². The molecule has 3 heterocycles. The minimum absolute atomic E-state index is 0.326. The molecule has 3 amide bonds. The van der Waals surface area contributed by atoms with Crippen LogP contribution >= 0.6 is 0 Å². The molecule has 1 aromatic heterocycles. The summed E-state index contributed by atoms with van der Waals surface area (Å²) in [5.41, 5.74) is 1.20. The maximum absolute atomic E-state index is 12.4. The van der Waals surface area contributed by atoms with Crippen molar-refractivity contribution in [3.63, 3.8) is 0 Å². The lowest BCUT2D eigenvalue weighted by Gasteiger charge is -2.34. The van der Waals surface area contributed by atoms with Crippen molar-refractivity contribution in [2.45, 2.75) is 6.92 Å². The average Bonchev–Trinajstić information content (AvgIpc) is 2.99. The number of nitrogens with one attached hydrogen (secondary N) is 1. The number of likely N-dealkylation sites (N-methyl/N-ethyl adjacent to an activating group) is 1. The topological polar surface area (TPSA) is 85.9 Å². The lowest BCUT2D eigenvalue weighted by Crippen LogP contribution is -2.46. The van der Waals surface area contributed by atoms with Crippen molar-refractivity contribution in [3.8, 4) is 0 Å². The van der Waals surface area contributed by atoms with Gasteiger partial charge < -0.3 is 15.1 Å². The first-order valence-electron chi connectivity index (χ1n) is 9.75. The molecule has 1 saturated heterocycles. The van der Waals surface area contributed by atoms with E-state index in [1.807, 2.05) is 6.07 Å². The number of fused-ring (bicyclic) bond motifs is 1. The molecule has 8 nitrogen and oxygen atoms in total. The second-order valence-electron chi connectivity index (χ2n) is 7.12. The fraction of sp³-hybridized carbons (Fsp3) is 0.333. The molecule has 0 aliphatic carbocycles. The Kier molecular flexibility index (Phi) is 5.26. The normalized spacial score (nSPS) is 16.9. The van der Waals surface area contributed by atoms with Gasteiger partial charge in [0, 0.05) is 26.2 Å². The first kappa shape index (κ1) is 19.1. The molecular formula is C21H23N5O3. The zero-order valence-corrected chi connectivity index (χ0v) is 16.3. The van der Waals surface area contributed by atoms with Crippen molar-refractivity contribution >= 4 is 29.2 Å². The number of pyridine rings is 1. The molecule has 0 unspecified atom stereocenters. The quantitative estimate of drug-likeness (QED) is 0.774. The van der Waals surface area contributed by atoms with Crippen molar-refractivity contribution in [3.05, 3.63) is 53.7 Å². The molecule has 2 aromatic rings. The van der Waals surface area contributed by atoms with E-state index in [0.29, 0.717) is 16.8 Å². The number of aromatic nitrogens is 1. The highest BCUT2D eigenvalue weighted by atomic mass is 16.2. The van der Waals surface area contributed by atoms with Gasteiger partial charge in [-0.15, -0.1) is 0 Å². The van der Waals surface area contributed by atoms with E-state index >= 15 is 0 Å². The minimum atomic E-state index is -0.444. The van der Waals surface area contributed by atoms with Crippen LogP contribution in [0, 0.1) is 0 Å². The lowest BCUT2D eigenvalue weighted by molar-refractivity contribution is -0.116. The van der Waals surface area contributed by atoms with Gasteiger partial charge in [-0.25, -0.2) is 4.98 Å². The number of amides is 3. The molecule has 0 radical (unpaired) electrons. The molecule has 29 heavy (non-hydrogen) atoms. The highest BCUT2D eigenvalue weighted by molar-refractivity contribution is 6.22. The van der Waals surface area contributed by atoms with Crippen molar-refractivity contribution in [2.24, 2.45) is 0 Å². The third-order valence-electron chi connectivity index (χ3n) is 5.36. The number of anilines is 2. The Hall–Kier alpha value is -3.26. The second-order valence-corrected chi connectivity index (χ2v) is 7.12. The third kappa shape index (κ3) is 3.84. The van der Waals surface area contributed by atoms with Crippen molar-refractivity contribution in [1.29, 1.82) is 0 Å². The summed E-state index contributed by atoms with van der Waals surface area (Å²) in [5, 5.41) is 2.71. The average molecular weight is 393 g/mol. The molecule has 150 valence electrons. The first-order chi connectivity index (χ1) is 14.1. The van der Waals surface area contributed by atoms with E-state index in [1.54, 1.807) is 36.5 Å². The first-order valence-corrected chi connectivity index (χ1v) is 9.75.